The SMILES string of the molecule is CC1(C)[C@H]2CC[C@]3(C)c4c(O)cc(O)cc4C[C@H]3[C@]2(C)CCCN1Cl. The first-order chi connectivity index (χ1) is 11.6. The average Bonchev–Trinajstić information content (AvgIpc) is 2.76. The first-order valence-corrected chi connectivity index (χ1v) is 9.93. The Bertz CT molecular complexity index is 718. The van der Waals surface area contributed by atoms with E-state index in [2.05, 4.69) is 27.7 Å². The lowest BCUT2D eigenvalue weighted by Gasteiger charge is -2.58. The van der Waals surface area contributed by atoms with Crippen LogP contribution in [0, 0.1) is 17.3 Å². The normalized spacial score (nSPS) is 40.0. The Morgan fingerprint density at radius 2 is 1.80 bits per heavy atom. The van der Waals surface area contributed by atoms with Gasteiger partial charge in [-0.05, 0) is 86.6 Å². The second kappa shape index (κ2) is 5.29. The molecule has 1 saturated heterocycles. The fraction of sp³-hybridized carbons (Fsp3) is 0.714. The van der Waals surface area contributed by atoms with Crippen LogP contribution < -0.4 is 0 Å². The topological polar surface area (TPSA) is 43.7 Å². The zero-order valence-electron chi connectivity index (χ0n) is 15.8. The molecule has 4 heteroatoms. The summed E-state index contributed by atoms with van der Waals surface area (Å²) in [6, 6.07) is 3.38. The van der Waals surface area contributed by atoms with E-state index >= 15 is 0 Å². The molecule has 0 spiro atoms. The van der Waals surface area contributed by atoms with Gasteiger partial charge in [0.05, 0.1) is 0 Å². The summed E-state index contributed by atoms with van der Waals surface area (Å²) < 4.78 is 2.04. The Kier molecular flexibility index (Phi) is 3.70. The van der Waals surface area contributed by atoms with Gasteiger partial charge in [0.15, 0.2) is 0 Å². The Labute approximate surface area is 156 Å². The van der Waals surface area contributed by atoms with Gasteiger partial charge in [-0.3, -0.25) is 0 Å². The number of phenols is 2. The number of nitrogens with zero attached hydrogens (tertiary/aromatic N) is 1. The molecular weight excluding hydrogens is 334 g/mol. The first kappa shape index (κ1) is 17.5. The molecule has 1 aromatic carbocycles. The number of phenolic OH excluding ortho intramolecular Hbond substituents is 2. The predicted octanol–water partition coefficient (Wildman–Crippen LogP) is 4.97. The lowest BCUT2D eigenvalue weighted by Crippen LogP contribution is -2.57. The molecule has 0 unspecified atom stereocenters. The molecule has 1 saturated carbocycles. The third kappa shape index (κ3) is 2.21. The minimum atomic E-state index is -0.0346. The average molecular weight is 364 g/mol. The van der Waals surface area contributed by atoms with E-state index in [1.54, 1.807) is 0 Å². The largest absolute Gasteiger partial charge is 0.508 e. The molecule has 1 aliphatic heterocycles. The highest BCUT2D eigenvalue weighted by molar-refractivity contribution is 6.13. The molecule has 3 aliphatic rings. The molecule has 1 aromatic rings. The van der Waals surface area contributed by atoms with E-state index in [0.29, 0.717) is 11.8 Å². The molecule has 2 N–H and O–H groups in total. The van der Waals surface area contributed by atoms with Crippen molar-refractivity contribution in [1.29, 1.82) is 0 Å². The fourth-order valence-corrected chi connectivity index (χ4v) is 7.19. The zero-order chi connectivity index (χ0) is 18.2. The van der Waals surface area contributed by atoms with Crippen LogP contribution in [0.25, 0.3) is 0 Å². The molecule has 0 radical (unpaired) electrons. The maximum absolute atomic E-state index is 10.6. The molecule has 2 aliphatic carbocycles. The van der Waals surface area contributed by atoms with Gasteiger partial charge in [-0.1, -0.05) is 13.8 Å². The molecular formula is C21H30ClNO2. The third-order valence-electron chi connectivity index (χ3n) is 8.04. The van der Waals surface area contributed by atoms with Crippen molar-refractivity contribution in [2.24, 2.45) is 17.3 Å². The molecule has 4 rings (SSSR count). The van der Waals surface area contributed by atoms with Crippen LogP contribution in [0.3, 0.4) is 0 Å². The number of halogens is 1. The van der Waals surface area contributed by atoms with Crippen LogP contribution in [-0.2, 0) is 11.8 Å². The zero-order valence-corrected chi connectivity index (χ0v) is 16.5. The van der Waals surface area contributed by atoms with E-state index in [9.17, 15) is 10.2 Å². The quantitative estimate of drug-likeness (QED) is 0.639. The van der Waals surface area contributed by atoms with E-state index in [1.807, 2.05) is 10.5 Å². The summed E-state index contributed by atoms with van der Waals surface area (Å²) in [6.07, 6.45) is 5.42. The Balaban J connectivity index is 1.84. The Hall–Kier alpha value is -0.930. The summed E-state index contributed by atoms with van der Waals surface area (Å²) in [5.74, 6) is 1.45. The van der Waals surface area contributed by atoms with Gasteiger partial charge in [-0.15, -0.1) is 0 Å². The molecule has 4 atom stereocenters. The fourth-order valence-electron chi connectivity index (χ4n) is 6.95. The highest BCUT2D eigenvalue weighted by atomic mass is 35.5. The second-order valence-corrected chi connectivity index (χ2v) is 10.0. The summed E-state index contributed by atoms with van der Waals surface area (Å²) in [4.78, 5) is 0. The van der Waals surface area contributed by atoms with Gasteiger partial charge in [0.25, 0.3) is 0 Å². The van der Waals surface area contributed by atoms with Crippen LogP contribution in [0.4, 0.5) is 0 Å². The molecule has 3 nitrogen and oxygen atoms in total. The highest BCUT2D eigenvalue weighted by Gasteiger charge is 2.61. The van der Waals surface area contributed by atoms with Crippen molar-refractivity contribution in [2.75, 3.05) is 6.54 Å². The summed E-state index contributed by atoms with van der Waals surface area (Å²) in [5, 5.41) is 20.6. The van der Waals surface area contributed by atoms with Crippen LogP contribution in [0.1, 0.15) is 64.5 Å². The highest BCUT2D eigenvalue weighted by Crippen LogP contribution is 2.66. The first-order valence-electron chi connectivity index (χ1n) is 9.59. The van der Waals surface area contributed by atoms with Crippen molar-refractivity contribution in [2.45, 2.75) is 70.8 Å². The standard InChI is InChI=1S/C21H30ClNO2/c1-19(2)16-6-8-21(4)17(20(16,3)7-5-9-23(19)22)11-13-10-14(24)12-15(25)18(13)21/h10,12,16-17,24-25H,5-9,11H2,1-4H3/t16-,17+,20-,21+/m1/s1. The van der Waals surface area contributed by atoms with Gasteiger partial charge >= 0.3 is 0 Å². The Morgan fingerprint density at radius 1 is 1.08 bits per heavy atom. The van der Waals surface area contributed by atoms with Crippen molar-refractivity contribution >= 4 is 11.8 Å². The lowest BCUT2D eigenvalue weighted by molar-refractivity contribution is -0.0555. The summed E-state index contributed by atoms with van der Waals surface area (Å²) >= 11 is 6.67. The number of aromatic hydroxyl groups is 2. The van der Waals surface area contributed by atoms with Crippen molar-refractivity contribution in [3.63, 3.8) is 0 Å². The molecule has 0 bridgehead atoms. The van der Waals surface area contributed by atoms with Gasteiger partial charge < -0.3 is 10.2 Å². The van der Waals surface area contributed by atoms with Gasteiger partial charge in [-0.25, -0.2) is 4.42 Å². The molecule has 1 heterocycles. The smallest absolute Gasteiger partial charge is 0.123 e. The minimum absolute atomic E-state index is 0.0179. The lowest BCUT2D eigenvalue weighted by atomic mass is 9.48. The number of hydrogen-bond acceptors (Lipinski definition) is 3. The van der Waals surface area contributed by atoms with E-state index in [1.165, 1.54) is 12.5 Å². The van der Waals surface area contributed by atoms with E-state index < -0.39 is 0 Å². The van der Waals surface area contributed by atoms with Crippen LogP contribution >= 0.6 is 11.8 Å². The molecule has 138 valence electrons. The van der Waals surface area contributed by atoms with E-state index in [4.69, 9.17) is 11.8 Å². The summed E-state index contributed by atoms with van der Waals surface area (Å²) in [5.41, 5.74) is 2.35. The van der Waals surface area contributed by atoms with Crippen molar-refractivity contribution in [1.82, 2.24) is 4.42 Å². The third-order valence-corrected chi connectivity index (χ3v) is 8.65. The number of hydrogen-bond donors (Lipinski definition) is 2. The second-order valence-electron chi connectivity index (χ2n) is 9.61. The van der Waals surface area contributed by atoms with Gasteiger partial charge in [-0.2, -0.15) is 0 Å². The van der Waals surface area contributed by atoms with Crippen LogP contribution in [0.5, 0.6) is 11.5 Å². The summed E-state index contributed by atoms with van der Waals surface area (Å²) in [6.45, 7) is 10.3. The molecule has 0 aromatic heterocycles. The maximum atomic E-state index is 10.6. The summed E-state index contributed by atoms with van der Waals surface area (Å²) in [7, 11) is 0. The van der Waals surface area contributed by atoms with Crippen molar-refractivity contribution in [3.05, 3.63) is 23.3 Å². The number of rotatable bonds is 0. The maximum Gasteiger partial charge on any atom is 0.123 e. The number of fused-ring (bicyclic) bond motifs is 5. The number of benzene rings is 1. The van der Waals surface area contributed by atoms with Crippen molar-refractivity contribution < 1.29 is 10.2 Å². The van der Waals surface area contributed by atoms with Crippen LogP contribution in [0.15, 0.2) is 12.1 Å². The minimum Gasteiger partial charge on any atom is -0.508 e. The van der Waals surface area contributed by atoms with Gasteiger partial charge in [0.1, 0.15) is 11.5 Å². The van der Waals surface area contributed by atoms with E-state index in [0.717, 1.165) is 43.4 Å². The molecule has 2 fully saturated rings. The van der Waals surface area contributed by atoms with Crippen LogP contribution in [-0.4, -0.2) is 26.7 Å². The van der Waals surface area contributed by atoms with E-state index in [-0.39, 0.29) is 27.9 Å². The molecule has 0 amide bonds. The monoisotopic (exact) mass is 363 g/mol. The molecule has 25 heavy (non-hydrogen) atoms. The van der Waals surface area contributed by atoms with Gasteiger partial charge in [0, 0.05) is 29.1 Å². The van der Waals surface area contributed by atoms with Crippen molar-refractivity contribution in [3.8, 4) is 11.5 Å². The predicted molar refractivity (Wildman–Crippen MR) is 101 cm³/mol. The Morgan fingerprint density at radius 3 is 2.52 bits per heavy atom. The van der Waals surface area contributed by atoms with Crippen LogP contribution in [0.2, 0.25) is 0 Å². The van der Waals surface area contributed by atoms with Gasteiger partial charge in [0.2, 0.25) is 0 Å².